The molecule has 2 bridgehead atoms. The van der Waals surface area contributed by atoms with Crippen LogP contribution in [0.3, 0.4) is 0 Å². The maximum Gasteiger partial charge on any atom is 0.0885 e. The van der Waals surface area contributed by atoms with E-state index in [1.54, 1.807) is 0 Å². The minimum atomic E-state index is -0.237. The smallest absolute Gasteiger partial charge is 0.0885 e. The van der Waals surface area contributed by atoms with Crippen molar-refractivity contribution in [2.45, 2.75) is 52.2 Å². The van der Waals surface area contributed by atoms with Gasteiger partial charge >= 0.3 is 0 Å². The second kappa shape index (κ2) is 5.34. The quantitative estimate of drug-likeness (QED) is 0.699. The highest BCUT2D eigenvalue weighted by Crippen LogP contribution is 2.54. The first-order valence-electron chi connectivity index (χ1n) is 9.13. The second-order valence-corrected chi connectivity index (χ2v) is 8.31. The van der Waals surface area contributed by atoms with Crippen LogP contribution in [0, 0.1) is 23.7 Å². The third kappa shape index (κ3) is 2.41. The summed E-state index contributed by atoms with van der Waals surface area (Å²) in [6.45, 7) is 9.35. The molecule has 0 amide bonds. The van der Waals surface area contributed by atoms with Gasteiger partial charge in [-0.05, 0) is 66.7 Å². The number of benzene rings is 2. The molecule has 122 valence electrons. The van der Waals surface area contributed by atoms with Crippen LogP contribution in [0.5, 0.6) is 0 Å². The molecule has 1 nitrogen and oxygen atoms in total. The Hall–Kier alpha value is -1.34. The molecule has 1 heteroatoms. The summed E-state index contributed by atoms with van der Waals surface area (Å²) in [4.78, 5) is 0. The zero-order valence-corrected chi connectivity index (χ0v) is 14.8. The molecule has 4 rings (SSSR count). The minimum absolute atomic E-state index is 0.237. The summed E-state index contributed by atoms with van der Waals surface area (Å²) < 4.78 is 6.75. The Morgan fingerprint density at radius 2 is 1.65 bits per heavy atom. The molecule has 2 aliphatic carbocycles. The fraction of sp³-hybridized carbons (Fsp3) is 0.545. The fourth-order valence-corrected chi connectivity index (χ4v) is 5.20. The van der Waals surface area contributed by atoms with E-state index in [-0.39, 0.29) is 5.60 Å². The summed E-state index contributed by atoms with van der Waals surface area (Å²) in [7, 11) is 0. The molecule has 0 heterocycles. The summed E-state index contributed by atoms with van der Waals surface area (Å²) in [5.41, 5.74) is 1.08. The molecule has 2 fully saturated rings. The van der Waals surface area contributed by atoms with Crippen LogP contribution < -0.4 is 0 Å². The molecule has 5 atom stereocenters. The highest BCUT2D eigenvalue weighted by molar-refractivity contribution is 5.86. The lowest BCUT2D eigenvalue weighted by atomic mass is 9.80. The maximum atomic E-state index is 6.75. The van der Waals surface area contributed by atoms with Crippen molar-refractivity contribution in [3.05, 3.63) is 48.0 Å². The van der Waals surface area contributed by atoms with E-state index in [4.69, 9.17) is 4.74 Å². The normalized spacial score (nSPS) is 33.5. The van der Waals surface area contributed by atoms with Crippen molar-refractivity contribution < 1.29 is 4.74 Å². The number of ether oxygens (including phenoxy) is 1. The maximum absolute atomic E-state index is 6.75. The van der Waals surface area contributed by atoms with Crippen molar-refractivity contribution in [1.82, 2.24) is 0 Å². The van der Waals surface area contributed by atoms with Gasteiger partial charge in [0.05, 0.1) is 11.7 Å². The minimum Gasteiger partial charge on any atom is -0.367 e. The lowest BCUT2D eigenvalue weighted by Gasteiger charge is -2.38. The van der Waals surface area contributed by atoms with Gasteiger partial charge in [-0.1, -0.05) is 56.3 Å². The SMILES string of the molecule is CC1C2CC(OC(C)(C)c3cccc4ccccc34)C(C2)C1C. The van der Waals surface area contributed by atoms with E-state index < -0.39 is 0 Å². The number of hydrogen-bond donors (Lipinski definition) is 0. The number of hydrogen-bond acceptors (Lipinski definition) is 1. The molecular formula is C22H28O. The van der Waals surface area contributed by atoms with E-state index in [9.17, 15) is 0 Å². The molecule has 2 aromatic rings. The topological polar surface area (TPSA) is 9.23 Å². The fourth-order valence-electron chi connectivity index (χ4n) is 5.20. The van der Waals surface area contributed by atoms with Gasteiger partial charge in [0.25, 0.3) is 0 Å². The summed E-state index contributed by atoms with van der Waals surface area (Å²) in [6, 6.07) is 15.2. The average Bonchev–Trinajstić information content (AvgIpc) is 3.06. The van der Waals surface area contributed by atoms with Gasteiger partial charge < -0.3 is 4.74 Å². The molecule has 0 aliphatic heterocycles. The van der Waals surface area contributed by atoms with Crippen molar-refractivity contribution in [3.8, 4) is 0 Å². The average molecular weight is 308 g/mol. The first-order valence-corrected chi connectivity index (χ1v) is 9.13. The third-order valence-corrected chi connectivity index (χ3v) is 6.72. The summed E-state index contributed by atoms with van der Waals surface area (Å²) in [5.74, 6) is 3.31. The Morgan fingerprint density at radius 1 is 0.913 bits per heavy atom. The van der Waals surface area contributed by atoms with Crippen LogP contribution in [0.15, 0.2) is 42.5 Å². The van der Waals surface area contributed by atoms with Gasteiger partial charge in [0.2, 0.25) is 0 Å². The second-order valence-electron chi connectivity index (χ2n) is 8.31. The molecule has 0 N–H and O–H groups in total. The van der Waals surface area contributed by atoms with Crippen molar-refractivity contribution >= 4 is 10.8 Å². The van der Waals surface area contributed by atoms with Crippen LogP contribution >= 0.6 is 0 Å². The van der Waals surface area contributed by atoms with Crippen molar-refractivity contribution in [1.29, 1.82) is 0 Å². The van der Waals surface area contributed by atoms with Crippen molar-refractivity contribution in [2.75, 3.05) is 0 Å². The van der Waals surface area contributed by atoms with Gasteiger partial charge in [-0.25, -0.2) is 0 Å². The molecule has 2 saturated carbocycles. The molecule has 0 saturated heterocycles. The molecular weight excluding hydrogens is 280 g/mol. The van der Waals surface area contributed by atoms with E-state index in [0.717, 1.165) is 23.7 Å². The van der Waals surface area contributed by atoms with Crippen LogP contribution in [0.2, 0.25) is 0 Å². The monoisotopic (exact) mass is 308 g/mol. The Balaban J connectivity index is 1.63. The predicted molar refractivity (Wildman–Crippen MR) is 96.4 cm³/mol. The van der Waals surface area contributed by atoms with Gasteiger partial charge in [0, 0.05) is 0 Å². The summed E-state index contributed by atoms with van der Waals surface area (Å²) in [6.07, 6.45) is 3.06. The van der Waals surface area contributed by atoms with Crippen LogP contribution in [0.1, 0.15) is 46.1 Å². The van der Waals surface area contributed by atoms with Crippen LogP contribution in [-0.4, -0.2) is 6.10 Å². The van der Waals surface area contributed by atoms with E-state index in [1.165, 1.54) is 29.2 Å². The van der Waals surface area contributed by atoms with E-state index in [1.807, 2.05) is 0 Å². The molecule has 5 unspecified atom stereocenters. The Morgan fingerprint density at radius 3 is 2.39 bits per heavy atom. The van der Waals surface area contributed by atoms with Gasteiger partial charge in [0.15, 0.2) is 0 Å². The zero-order valence-electron chi connectivity index (χ0n) is 14.8. The van der Waals surface area contributed by atoms with Crippen LogP contribution in [0.25, 0.3) is 10.8 Å². The molecule has 0 aromatic heterocycles. The molecule has 2 aliphatic rings. The zero-order chi connectivity index (χ0) is 16.2. The summed E-state index contributed by atoms with van der Waals surface area (Å²) in [5, 5.41) is 2.63. The lowest BCUT2D eigenvalue weighted by Crippen LogP contribution is -2.36. The number of fused-ring (bicyclic) bond motifs is 3. The van der Waals surface area contributed by atoms with Gasteiger partial charge in [-0.3, -0.25) is 0 Å². The molecule has 0 radical (unpaired) electrons. The molecule has 23 heavy (non-hydrogen) atoms. The van der Waals surface area contributed by atoms with Crippen molar-refractivity contribution in [3.63, 3.8) is 0 Å². The Labute approximate surface area is 140 Å². The Bertz CT molecular complexity index is 709. The van der Waals surface area contributed by atoms with Crippen molar-refractivity contribution in [2.24, 2.45) is 23.7 Å². The highest BCUT2D eigenvalue weighted by atomic mass is 16.5. The molecule has 0 spiro atoms. The standard InChI is InChI=1S/C22H28O/c1-14-15(2)19-12-17(14)13-21(19)23-22(3,4)20-11-7-9-16-8-5-6-10-18(16)20/h5-11,14-15,17,19,21H,12-13H2,1-4H3. The highest BCUT2D eigenvalue weighted by Gasteiger charge is 2.50. The lowest BCUT2D eigenvalue weighted by molar-refractivity contribution is -0.109. The molecule has 2 aromatic carbocycles. The third-order valence-electron chi connectivity index (χ3n) is 6.72. The first-order chi connectivity index (χ1) is 11.0. The van der Waals surface area contributed by atoms with E-state index in [0.29, 0.717) is 6.10 Å². The predicted octanol–water partition coefficient (Wildman–Crippen LogP) is 5.77. The van der Waals surface area contributed by atoms with Crippen LogP contribution in [-0.2, 0) is 10.3 Å². The van der Waals surface area contributed by atoms with E-state index >= 15 is 0 Å². The van der Waals surface area contributed by atoms with Gasteiger partial charge in [-0.2, -0.15) is 0 Å². The van der Waals surface area contributed by atoms with Gasteiger partial charge in [-0.15, -0.1) is 0 Å². The summed E-state index contributed by atoms with van der Waals surface area (Å²) >= 11 is 0. The van der Waals surface area contributed by atoms with Crippen LogP contribution in [0.4, 0.5) is 0 Å². The largest absolute Gasteiger partial charge is 0.367 e. The number of rotatable bonds is 3. The van der Waals surface area contributed by atoms with Gasteiger partial charge in [0.1, 0.15) is 0 Å². The van der Waals surface area contributed by atoms with E-state index in [2.05, 4.69) is 70.2 Å². The first kappa shape index (κ1) is 15.2. The Kier molecular flexibility index (Phi) is 3.53.